The van der Waals surface area contributed by atoms with Crippen molar-refractivity contribution in [1.82, 2.24) is 4.90 Å². The van der Waals surface area contributed by atoms with E-state index in [0.29, 0.717) is 22.8 Å². The number of methoxy groups -OCH3 is 3. The van der Waals surface area contributed by atoms with E-state index in [-0.39, 0.29) is 5.91 Å². The summed E-state index contributed by atoms with van der Waals surface area (Å²) in [5.41, 5.74) is 4.32. The first kappa shape index (κ1) is 21.8. The molecule has 0 saturated carbocycles. The lowest BCUT2D eigenvalue weighted by Crippen LogP contribution is -2.34. The zero-order chi connectivity index (χ0) is 22.7. The van der Waals surface area contributed by atoms with E-state index in [1.54, 1.807) is 33.7 Å². The number of amides is 1. The van der Waals surface area contributed by atoms with Gasteiger partial charge in [-0.05, 0) is 55.5 Å². The van der Waals surface area contributed by atoms with Gasteiger partial charge in [0.25, 0.3) is 0 Å². The van der Waals surface area contributed by atoms with E-state index >= 15 is 0 Å². The molecule has 1 amide bonds. The molecule has 1 aliphatic heterocycles. The van der Waals surface area contributed by atoms with Crippen LogP contribution in [0.2, 0.25) is 0 Å². The minimum Gasteiger partial charge on any atom is -0.496 e. The first-order chi connectivity index (χ1) is 15.5. The Morgan fingerprint density at radius 3 is 2.34 bits per heavy atom. The Morgan fingerprint density at radius 1 is 0.938 bits per heavy atom. The summed E-state index contributed by atoms with van der Waals surface area (Å²) >= 11 is 0. The fourth-order valence-corrected chi connectivity index (χ4v) is 4.23. The minimum atomic E-state index is 0.0525. The Bertz CT molecular complexity index is 1150. The second kappa shape index (κ2) is 9.39. The second-order valence-electron chi connectivity index (χ2n) is 7.98. The number of nitrogens with zero attached hydrogens (tertiary/aromatic N) is 1. The number of hydrogen-bond acceptors (Lipinski definition) is 5. The largest absolute Gasteiger partial charge is 0.496 e. The van der Waals surface area contributed by atoms with Gasteiger partial charge in [0.2, 0.25) is 5.91 Å². The van der Waals surface area contributed by atoms with Crippen molar-refractivity contribution in [2.45, 2.75) is 26.2 Å². The molecular formula is C26H29NO5. The third kappa shape index (κ3) is 4.17. The SMILES string of the molecule is COc1ccc(-c2coc3cc(OC)c(/C(C)=C/C(=O)N4CCCCC4)cc23)cc1OC. The van der Waals surface area contributed by atoms with Crippen LogP contribution in [0.1, 0.15) is 31.7 Å². The summed E-state index contributed by atoms with van der Waals surface area (Å²) in [5, 5.41) is 0.936. The Labute approximate surface area is 188 Å². The summed E-state index contributed by atoms with van der Waals surface area (Å²) in [6.45, 7) is 3.59. The third-order valence-electron chi connectivity index (χ3n) is 6.02. The second-order valence-corrected chi connectivity index (χ2v) is 7.98. The Balaban J connectivity index is 1.75. The Hall–Kier alpha value is -3.41. The van der Waals surface area contributed by atoms with Crippen LogP contribution in [0.15, 0.2) is 47.1 Å². The number of carbonyl (C=O) groups is 1. The average Bonchev–Trinajstić information content (AvgIpc) is 3.26. The van der Waals surface area contributed by atoms with Gasteiger partial charge in [0.05, 0.1) is 27.6 Å². The number of carbonyl (C=O) groups excluding carboxylic acids is 1. The maximum Gasteiger partial charge on any atom is 0.246 e. The highest BCUT2D eigenvalue weighted by Gasteiger charge is 2.18. The molecular weight excluding hydrogens is 406 g/mol. The van der Waals surface area contributed by atoms with Crippen LogP contribution in [0.5, 0.6) is 17.2 Å². The molecule has 0 atom stereocenters. The van der Waals surface area contributed by atoms with Crippen molar-refractivity contribution in [3.8, 4) is 28.4 Å². The molecule has 1 fully saturated rings. The van der Waals surface area contributed by atoms with Crippen LogP contribution in [0.25, 0.3) is 27.7 Å². The lowest BCUT2D eigenvalue weighted by molar-refractivity contribution is -0.126. The standard InChI is InChI=1S/C26H29NO5/c1-17(12-26(28)27-10-6-5-7-11-27)19-14-20-21(16-32-24(20)15-23(19)30-3)18-8-9-22(29-2)25(13-18)31-4/h8-9,12-16H,5-7,10-11H2,1-4H3/b17-12+. The van der Waals surface area contributed by atoms with Crippen LogP contribution in [-0.4, -0.2) is 45.2 Å². The molecule has 3 aromatic rings. The molecule has 0 bridgehead atoms. The van der Waals surface area contributed by atoms with Gasteiger partial charge >= 0.3 is 0 Å². The van der Waals surface area contributed by atoms with Crippen LogP contribution in [0, 0.1) is 0 Å². The first-order valence-corrected chi connectivity index (χ1v) is 10.8. The summed E-state index contributed by atoms with van der Waals surface area (Å²) in [6.07, 6.45) is 6.77. The number of ether oxygens (including phenoxy) is 3. The highest BCUT2D eigenvalue weighted by atomic mass is 16.5. The Morgan fingerprint density at radius 2 is 1.66 bits per heavy atom. The van der Waals surface area contributed by atoms with Crippen molar-refractivity contribution in [3.63, 3.8) is 0 Å². The lowest BCUT2D eigenvalue weighted by atomic mass is 9.99. The smallest absolute Gasteiger partial charge is 0.246 e. The van der Waals surface area contributed by atoms with Gasteiger partial charge in [-0.3, -0.25) is 4.79 Å². The van der Waals surface area contributed by atoms with E-state index in [9.17, 15) is 4.79 Å². The summed E-state index contributed by atoms with van der Waals surface area (Å²) in [6, 6.07) is 9.67. The number of fused-ring (bicyclic) bond motifs is 1. The maximum absolute atomic E-state index is 12.8. The van der Waals surface area contributed by atoms with Gasteiger partial charge in [0, 0.05) is 41.7 Å². The molecule has 1 aliphatic rings. The number of benzene rings is 2. The third-order valence-corrected chi connectivity index (χ3v) is 6.02. The van der Waals surface area contributed by atoms with Gasteiger partial charge < -0.3 is 23.5 Å². The molecule has 32 heavy (non-hydrogen) atoms. The van der Waals surface area contributed by atoms with Crippen molar-refractivity contribution in [1.29, 1.82) is 0 Å². The molecule has 0 spiro atoms. The number of allylic oxidation sites excluding steroid dienone is 1. The molecule has 6 nitrogen and oxygen atoms in total. The molecule has 168 valence electrons. The summed E-state index contributed by atoms with van der Waals surface area (Å²) in [5.74, 6) is 2.04. The van der Waals surface area contributed by atoms with Crippen LogP contribution in [0.4, 0.5) is 0 Å². The van der Waals surface area contributed by atoms with Gasteiger partial charge in [-0.1, -0.05) is 6.07 Å². The zero-order valence-electron chi connectivity index (χ0n) is 19.1. The Kier molecular flexibility index (Phi) is 6.40. The molecule has 0 radical (unpaired) electrons. The van der Waals surface area contributed by atoms with E-state index in [4.69, 9.17) is 18.6 Å². The molecule has 1 aromatic heterocycles. The quantitative estimate of drug-likeness (QED) is 0.476. The highest BCUT2D eigenvalue weighted by molar-refractivity contribution is 6.00. The summed E-state index contributed by atoms with van der Waals surface area (Å²) in [4.78, 5) is 14.7. The molecule has 4 rings (SSSR count). The van der Waals surface area contributed by atoms with Gasteiger partial charge in [-0.2, -0.15) is 0 Å². The fourth-order valence-electron chi connectivity index (χ4n) is 4.23. The lowest BCUT2D eigenvalue weighted by Gasteiger charge is -2.25. The van der Waals surface area contributed by atoms with Gasteiger partial charge in [-0.15, -0.1) is 0 Å². The number of piperidine rings is 1. The first-order valence-electron chi connectivity index (χ1n) is 10.8. The van der Waals surface area contributed by atoms with E-state index in [2.05, 4.69) is 0 Å². The predicted octanol–water partition coefficient (Wildman–Crippen LogP) is 5.54. The molecule has 2 aromatic carbocycles. The molecule has 2 heterocycles. The van der Waals surface area contributed by atoms with Crippen LogP contribution in [0.3, 0.4) is 0 Å². The maximum atomic E-state index is 12.8. The van der Waals surface area contributed by atoms with Crippen LogP contribution >= 0.6 is 0 Å². The van der Waals surface area contributed by atoms with Crippen molar-refractivity contribution >= 4 is 22.4 Å². The van der Waals surface area contributed by atoms with Crippen LogP contribution < -0.4 is 14.2 Å². The van der Waals surface area contributed by atoms with Crippen molar-refractivity contribution in [2.24, 2.45) is 0 Å². The van der Waals surface area contributed by atoms with E-state index in [0.717, 1.165) is 53.6 Å². The van der Waals surface area contributed by atoms with E-state index < -0.39 is 0 Å². The highest BCUT2D eigenvalue weighted by Crippen LogP contribution is 2.39. The topological polar surface area (TPSA) is 61.1 Å². The summed E-state index contributed by atoms with van der Waals surface area (Å²) < 4.78 is 22.3. The van der Waals surface area contributed by atoms with E-state index in [1.807, 2.05) is 42.2 Å². The number of likely N-dealkylation sites (tertiary alicyclic amines) is 1. The van der Waals surface area contributed by atoms with Crippen molar-refractivity contribution in [2.75, 3.05) is 34.4 Å². The number of hydrogen-bond donors (Lipinski definition) is 0. The van der Waals surface area contributed by atoms with Crippen molar-refractivity contribution < 1.29 is 23.4 Å². The number of rotatable bonds is 6. The molecule has 0 aliphatic carbocycles. The van der Waals surface area contributed by atoms with Crippen molar-refractivity contribution in [3.05, 3.63) is 48.2 Å². The van der Waals surface area contributed by atoms with Gasteiger partial charge in [-0.25, -0.2) is 0 Å². The minimum absolute atomic E-state index is 0.0525. The zero-order valence-corrected chi connectivity index (χ0v) is 19.1. The number of furan rings is 1. The predicted molar refractivity (Wildman–Crippen MR) is 125 cm³/mol. The molecule has 6 heteroatoms. The van der Waals surface area contributed by atoms with E-state index in [1.165, 1.54) is 6.42 Å². The summed E-state index contributed by atoms with van der Waals surface area (Å²) in [7, 11) is 4.86. The molecule has 0 N–H and O–H groups in total. The normalized spacial score (nSPS) is 14.5. The monoisotopic (exact) mass is 435 g/mol. The van der Waals surface area contributed by atoms with Gasteiger partial charge in [0.1, 0.15) is 11.3 Å². The molecule has 0 unspecified atom stereocenters. The van der Waals surface area contributed by atoms with Gasteiger partial charge in [0.15, 0.2) is 11.5 Å². The average molecular weight is 436 g/mol. The van der Waals surface area contributed by atoms with Crippen LogP contribution in [-0.2, 0) is 4.79 Å². The molecule has 1 saturated heterocycles. The fraction of sp³-hybridized carbons (Fsp3) is 0.346.